The molecular weight excluding hydrogens is 317 g/mol. The van der Waals surface area contributed by atoms with Gasteiger partial charge in [0.25, 0.3) is 0 Å². The van der Waals surface area contributed by atoms with E-state index in [1.54, 1.807) is 11.6 Å². The molecule has 1 amide bonds. The third-order valence-corrected chi connectivity index (χ3v) is 3.71. The minimum atomic E-state index is -4.41. The molecule has 0 atom stereocenters. The van der Waals surface area contributed by atoms with E-state index in [2.05, 4.69) is 10.2 Å². The lowest BCUT2D eigenvalue weighted by molar-refractivity contribution is -0.136. The quantitative estimate of drug-likeness (QED) is 0.854. The highest BCUT2D eigenvalue weighted by Crippen LogP contribution is 2.22. The molecule has 0 radical (unpaired) electrons. The average Bonchev–Trinajstić information content (AvgIpc) is 2.84. The van der Waals surface area contributed by atoms with Crippen molar-refractivity contribution in [3.8, 4) is 11.4 Å². The molecule has 0 spiro atoms. The topological polar surface area (TPSA) is 59.8 Å². The SMILES string of the molecule is Cn1c(SCC(=O)NCC(F)(F)F)nnc1-c1ccccc1. The van der Waals surface area contributed by atoms with E-state index in [1.807, 2.05) is 35.6 Å². The second-order valence-corrected chi connectivity index (χ2v) is 5.35. The van der Waals surface area contributed by atoms with Gasteiger partial charge in [0.05, 0.1) is 5.75 Å². The van der Waals surface area contributed by atoms with E-state index in [0.717, 1.165) is 17.3 Å². The van der Waals surface area contributed by atoms with Crippen molar-refractivity contribution in [2.45, 2.75) is 11.3 Å². The van der Waals surface area contributed by atoms with Crippen LogP contribution in [0.25, 0.3) is 11.4 Å². The van der Waals surface area contributed by atoms with Crippen LogP contribution in [0, 0.1) is 0 Å². The molecular formula is C13H13F3N4OS. The molecule has 0 fully saturated rings. The highest BCUT2D eigenvalue weighted by Gasteiger charge is 2.27. The number of nitrogens with one attached hydrogen (secondary N) is 1. The molecule has 1 N–H and O–H groups in total. The van der Waals surface area contributed by atoms with Gasteiger partial charge in [0.2, 0.25) is 5.91 Å². The third kappa shape index (κ3) is 4.48. The van der Waals surface area contributed by atoms with E-state index < -0.39 is 18.6 Å². The molecule has 0 aliphatic rings. The first-order valence-electron chi connectivity index (χ1n) is 6.28. The predicted octanol–water partition coefficient (Wildman–Crippen LogP) is 2.25. The molecule has 0 aliphatic carbocycles. The number of hydrogen-bond acceptors (Lipinski definition) is 4. The number of benzene rings is 1. The summed E-state index contributed by atoms with van der Waals surface area (Å²) in [4.78, 5) is 11.4. The van der Waals surface area contributed by atoms with Gasteiger partial charge in [-0.15, -0.1) is 10.2 Å². The normalized spacial score (nSPS) is 11.5. The maximum atomic E-state index is 12.0. The Morgan fingerprint density at radius 2 is 1.95 bits per heavy atom. The standard InChI is InChI=1S/C13H13F3N4OS/c1-20-11(9-5-3-2-4-6-9)18-19-12(20)22-7-10(21)17-8-13(14,15)16/h2-6H,7-8H2,1H3,(H,17,21). The van der Waals surface area contributed by atoms with Gasteiger partial charge in [0, 0.05) is 12.6 Å². The molecule has 22 heavy (non-hydrogen) atoms. The van der Waals surface area contributed by atoms with Crippen molar-refractivity contribution in [1.82, 2.24) is 20.1 Å². The van der Waals surface area contributed by atoms with Gasteiger partial charge in [0.1, 0.15) is 6.54 Å². The fourth-order valence-electron chi connectivity index (χ4n) is 1.66. The van der Waals surface area contributed by atoms with Crippen LogP contribution in [-0.4, -0.2) is 39.1 Å². The van der Waals surface area contributed by atoms with Crippen molar-refractivity contribution >= 4 is 17.7 Å². The van der Waals surface area contributed by atoms with Crippen molar-refractivity contribution < 1.29 is 18.0 Å². The monoisotopic (exact) mass is 330 g/mol. The summed E-state index contributed by atoms with van der Waals surface area (Å²) in [6.07, 6.45) is -4.41. The minimum absolute atomic E-state index is 0.156. The maximum Gasteiger partial charge on any atom is 0.405 e. The van der Waals surface area contributed by atoms with Gasteiger partial charge in [-0.2, -0.15) is 13.2 Å². The second-order valence-electron chi connectivity index (χ2n) is 4.41. The van der Waals surface area contributed by atoms with E-state index in [-0.39, 0.29) is 5.75 Å². The Hall–Kier alpha value is -2.03. The molecule has 2 aromatic rings. The lowest BCUT2D eigenvalue weighted by atomic mass is 10.2. The molecule has 2 rings (SSSR count). The van der Waals surface area contributed by atoms with Crippen LogP contribution in [0.2, 0.25) is 0 Å². The number of aromatic nitrogens is 3. The number of alkyl halides is 3. The van der Waals surface area contributed by atoms with Crippen LogP contribution in [0.3, 0.4) is 0 Å². The zero-order chi connectivity index (χ0) is 16.2. The van der Waals surface area contributed by atoms with E-state index in [9.17, 15) is 18.0 Å². The molecule has 1 heterocycles. The number of thioether (sulfide) groups is 1. The lowest BCUT2D eigenvalue weighted by Gasteiger charge is -2.08. The summed E-state index contributed by atoms with van der Waals surface area (Å²) < 4.78 is 37.7. The van der Waals surface area contributed by atoms with Gasteiger partial charge < -0.3 is 9.88 Å². The summed E-state index contributed by atoms with van der Waals surface area (Å²) in [5.41, 5.74) is 0.867. The van der Waals surface area contributed by atoms with Crippen LogP contribution in [-0.2, 0) is 11.8 Å². The summed E-state index contributed by atoms with van der Waals surface area (Å²) in [5, 5.41) is 10.2. The molecule has 0 unspecified atom stereocenters. The number of carbonyl (C=O) groups excluding carboxylic acids is 1. The van der Waals surface area contributed by atoms with Crippen molar-refractivity contribution in [1.29, 1.82) is 0 Å². The third-order valence-electron chi connectivity index (χ3n) is 2.69. The molecule has 5 nitrogen and oxygen atoms in total. The maximum absolute atomic E-state index is 12.0. The van der Waals surface area contributed by atoms with Gasteiger partial charge >= 0.3 is 6.18 Å². The van der Waals surface area contributed by atoms with E-state index in [4.69, 9.17) is 0 Å². The van der Waals surface area contributed by atoms with Crippen LogP contribution in [0.4, 0.5) is 13.2 Å². The van der Waals surface area contributed by atoms with E-state index in [1.165, 1.54) is 0 Å². The summed E-state index contributed by atoms with van der Waals surface area (Å²) >= 11 is 1.03. The largest absolute Gasteiger partial charge is 0.405 e. The zero-order valence-electron chi connectivity index (χ0n) is 11.6. The first-order valence-corrected chi connectivity index (χ1v) is 7.26. The lowest BCUT2D eigenvalue weighted by Crippen LogP contribution is -2.34. The number of hydrogen-bond donors (Lipinski definition) is 1. The Kier molecular flexibility index (Phi) is 5.07. The van der Waals surface area contributed by atoms with Crippen LogP contribution in [0.5, 0.6) is 0 Å². The molecule has 1 aromatic carbocycles. The molecule has 1 aromatic heterocycles. The molecule has 9 heteroatoms. The van der Waals surface area contributed by atoms with E-state index >= 15 is 0 Å². The first-order chi connectivity index (χ1) is 10.4. The number of amides is 1. The molecule has 0 saturated carbocycles. The van der Waals surface area contributed by atoms with Crippen molar-refractivity contribution in [2.75, 3.05) is 12.3 Å². The van der Waals surface area contributed by atoms with Gasteiger partial charge in [0.15, 0.2) is 11.0 Å². The van der Waals surface area contributed by atoms with Crippen molar-refractivity contribution in [2.24, 2.45) is 7.05 Å². The average molecular weight is 330 g/mol. The van der Waals surface area contributed by atoms with Crippen LogP contribution < -0.4 is 5.32 Å². The smallest absolute Gasteiger partial charge is 0.346 e. The highest BCUT2D eigenvalue weighted by molar-refractivity contribution is 7.99. The number of halogens is 3. The second kappa shape index (κ2) is 6.82. The summed E-state index contributed by atoms with van der Waals surface area (Å²) in [6.45, 7) is -1.33. The molecule has 0 saturated heterocycles. The van der Waals surface area contributed by atoms with Crippen molar-refractivity contribution in [3.05, 3.63) is 30.3 Å². The van der Waals surface area contributed by atoms with Gasteiger partial charge in [-0.1, -0.05) is 42.1 Å². The summed E-state index contributed by atoms with van der Waals surface area (Å²) in [7, 11) is 1.73. The Morgan fingerprint density at radius 3 is 2.59 bits per heavy atom. The Bertz CT molecular complexity index is 642. The number of rotatable bonds is 5. The fourth-order valence-corrected chi connectivity index (χ4v) is 2.40. The molecule has 0 bridgehead atoms. The summed E-state index contributed by atoms with van der Waals surface area (Å²) in [5.74, 6) is -0.234. The van der Waals surface area contributed by atoms with Crippen LogP contribution in [0.1, 0.15) is 0 Å². The zero-order valence-corrected chi connectivity index (χ0v) is 12.4. The van der Waals surface area contributed by atoms with E-state index in [0.29, 0.717) is 11.0 Å². The Morgan fingerprint density at radius 1 is 1.27 bits per heavy atom. The Balaban J connectivity index is 1.95. The molecule has 0 aliphatic heterocycles. The predicted molar refractivity (Wildman–Crippen MR) is 76.2 cm³/mol. The number of carbonyl (C=O) groups is 1. The summed E-state index contributed by atoms with van der Waals surface area (Å²) in [6, 6.07) is 9.34. The van der Waals surface area contributed by atoms with Crippen molar-refractivity contribution in [3.63, 3.8) is 0 Å². The minimum Gasteiger partial charge on any atom is -0.346 e. The number of nitrogens with zero attached hydrogens (tertiary/aromatic N) is 3. The highest BCUT2D eigenvalue weighted by atomic mass is 32.2. The van der Waals surface area contributed by atoms with Gasteiger partial charge in [-0.3, -0.25) is 4.79 Å². The van der Waals surface area contributed by atoms with Crippen LogP contribution in [0.15, 0.2) is 35.5 Å². The van der Waals surface area contributed by atoms with Gasteiger partial charge in [-0.25, -0.2) is 0 Å². The first kappa shape index (κ1) is 16.3. The fraction of sp³-hybridized carbons (Fsp3) is 0.308. The van der Waals surface area contributed by atoms with Gasteiger partial charge in [-0.05, 0) is 0 Å². The molecule has 118 valence electrons. The Labute approximate surface area is 128 Å². The van der Waals surface area contributed by atoms with Crippen LogP contribution >= 0.6 is 11.8 Å².